The van der Waals surface area contributed by atoms with Crippen molar-refractivity contribution in [3.8, 4) is 33.9 Å². The van der Waals surface area contributed by atoms with Gasteiger partial charge in [0.1, 0.15) is 11.5 Å². The van der Waals surface area contributed by atoms with Gasteiger partial charge in [-0.15, -0.1) is 0 Å². The molecule has 0 spiro atoms. The van der Waals surface area contributed by atoms with Gasteiger partial charge in [-0.05, 0) is 30.3 Å². The molecule has 154 valence electrons. The van der Waals surface area contributed by atoms with Crippen LogP contribution in [0.25, 0.3) is 56.0 Å². The Morgan fingerprint density at radius 2 is 1.88 bits per heavy atom. The average Bonchev–Trinajstić information content (AvgIpc) is 3.42. The molecule has 0 radical (unpaired) electrons. The van der Waals surface area contributed by atoms with Crippen LogP contribution in [-0.2, 0) is 0 Å². The summed E-state index contributed by atoms with van der Waals surface area (Å²) in [5, 5.41) is 7.98. The summed E-state index contributed by atoms with van der Waals surface area (Å²) < 4.78 is 14.8. The summed E-state index contributed by atoms with van der Waals surface area (Å²) in [4.78, 5) is 20.8. The van der Waals surface area contributed by atoms with Crippen LogP contribution in [0, 0.1) is 5.82 Å². The number of aromatic nitrogens is 7. The molecule has 8 nitrogen and oxygen atoms in total. The summed E-state index contributed by atoms with van der Waals surface area (Å²) in [7, 11) is 0. The van der Waals surface area contributed by atoms with Crippen LogP contribution in [0.4, 0.5) is 10.1 Å². The standard InChI is InChI=1S/C23H15FN8/c24-17-9-19-16(8-15(17)12-7-13(25)11-26-10-12)21(32-31-19)23-29-20-14(4-6-28-22(20)30-23)18-3-1-2-5-27-18/h1-11H,25H2,(H,31,32)(H,28,29,30). The van der Waals surface area contributed by atoms with Gasteiger partial charge in [0.15, 0.2) is 11.5 Å². The Bertz CT molecular complexity index is 1600. The Morgan fingerprint density at radius 3 is 2.72 bits per heavy atom. The predicted molar refractivity (Wildman–Crippen MR) is 120 cm³/mol. The van der Waals surface area contributed by atoms with E-state index in [4.69, 9.17) is 5.73 Å². The number of anilines is 1. The van der Waals surface area contributed by atoms with Crippen molar-refractivity contribution in [2.24, 2.45) is 0 Å². The molecule has 4 N–H and O–H groups in total. The molecule has 0 amide bonds. The van der Waals surface area contributed by atoms with E-state index in [1.54, 1.807) is 30.7 Å². The monoisotopic (exact) mass is 422 g/mol. The van der Waals surface area contributed by atoms with Crippen LogP contribution in [0.15, 0.2) is 67.3 Å². The normalized spacial score (nSPS) is 11.4. The first-order valence-corrected chi connectivity index (χ1v) is 9.82. The van der Waals surface area contributed by atoms with E-state index in [0.29, 0.717) is 44.9 Å². The molecular formula is C23H15FN8. The second-order valence-electron chi connectivity index (χ2n) is 7.31. The molecule has 1 aromatic carbocycles. The van der Waals surface area contributed by atoms with Gasteiger partial charge in [-0.25, -0.2) is 14.4 Å². The molecule has 0 atom stereocenters. The van der Waals surface area contributed by atoms with Crippen molar-refractivity contribution >= 4 is 27.8 Å². The number of nitrogens with zero attached hydrogens (tertiary/aromatic N) is 5. The fourth-order valence-electron chi connectivity index (χ4n) is 3.80. The number of halogens is 1. The Morgan fingerprint density at radius 1 is 0.938 bits per heavy atom. The third-order valence-corrected chi connectivity index (χ3v) is 5.28. The Balaban J connectivity index is 1.54. The van der Waals surface area contributed by atoms with Gasteiger partial charge in [0.2, 0.25) is 0 Å². The van der Waals surface area contributed by atoms with Crippen molar-refractivity contribution in [3.63, 3.8) is 0 Å². The summed E-state index contributed by atoms with van der Waals surface area (Å²) in [5.41, 5.74) is 11.3. The molecule has 0 aliphatic heterocycles. The molecule has 0 saturated heterocycles. The zero-order chi connectivity index (χ0) is 21.7. The maximum absolute atomic E-state index is 14.8. The molecule has 5 heterocycles. The summed E-state index contributed by atoms with van der Waals surface area (Å²) in [6, 6.07) is 12.4. The van der Waals surface area contributed by atoms with Crippen LogP contribution < -0.4 is 5.73 Å². The SMILES string of the molecule is Nc1cncc(-c2cc3c(-c4nc5nccc(-c6ccccn6)c5[nH]4)n[nH]c3cc2F)c1. The van der Waals surface area contributed by atoms with Gasteiger partial charge in [-0.2, -0.15) is 5.10 Å². The number of nitrogens with one attached hydrogen (secondary N) is 2. The second kappa shape index (κ2) is 6.95. The summed E-state index contributed by atoms with van der Waals surface area (Å²) >= 11 is 0. The summed E-state index contributed by atoms with van der Waals surface area (Å²) in [5.74, 6) is 0.120. The first-order chi connectivity index (χ1) is 15.7. The number of rotatable bonds is 3. The van der Waals surface area contributed by atoms with E-state index >= 15 is 0 Å². The molecule has 0 aliphatic carbocycles. The summed E-state index contributed by atoms with van der Waals surface area (Å²) in [6.45, 7) is 0. The minimum absolute atomic E-state index is 0.378. The van der Waals surface area contributed by atoms with E-state index in [0.717, 1.165) is 16.8 Å². The smallest absolute Gasteiger partial charge is 0.178 e. The molecule has 0 bridgehead atoms. The number of fused-ring (bicyclic) bond motifs is 2. The van der Waals surface area contributed by atoms with Gasteiger partial charge in [-0.3, -0.25) is 15.1 Å². The molecule has 0 fully saturated rings. The summed E-state index contributed by atoms with van der Waals surface area (Å²) in [6.07, 6.45) is 6.52. The maximum Gasteiger partial charge on any atom is 0.178 e. The van der Waals surface area contributed by atoms with Crippen molar-refractivity contribution in [3.05, 3.63) is 73.1 Å². The van der Waals surface area contributed by atoms with Gasteiger partial charge < -0.3 is 10.7 Å². The third-order valence-electron chi connectivity index (χ3n) is 5.28. The van der Waals surface area contributed by atoms with Gasteiger partial charge in [0.25, 0.3) is 0 Å². The highest BCUT2D eigenvalue weighted by Gasteiger charge is 2.18. The number of nitrogens with two attached hydrogens (primary N) is 1. The minimum atomic E-state index is -0.399. The van der Waals surface area contributed by atoms with Crippen molar-refractivity contribution in [1.82, 2.24) is 35.1 Å². The topological polar surface area (TPSA) is 122 Å². The van der Waals surface area contributed by atoms with Gasteiger partial charge >= 0.3 is 0 Å². The molecule has 6 aromatic rings. The average molecular weight is 422 g/mol. The number of hydrogen-bond donors (Lipinski definition) is 3. The lowest BCUT2D eigenvalue weighted by Gasteiger charge is -2.05. The largest absolute Gasteiger partial charge is 0.397 e. The van der Waals surface area contributed by atoms with Crippen molar-refractivity contribution in [2.45, 2.75) is 0 Å². The number of H-pyrrole nitrogens is 2. The fraction of sp³-hybridized carbons (Fsp3) is 0. The fourth-order valence-corrected chi connectivity index (χ4v) is 3.80. The lowest BCUT2D eigenvalue weighted by Crippen LogP contribution is -1.90. The third kappa shape index (κ3) is 2.87. The molecule has 9 heteroatoms. The molecule has 0 saturated carbocycles. The predicted octanol–water partition coefficient (Wildman–Crippen LogP) is 4.35. The first-order valence-electron chi connectivity index (χ1n) is 9.82. The van der Waals surface area contributed by atoms with Crippen LogP contribution in [0.3, 0.4) is 0 Å². The molecule has 0 aliphatic rings. The highest BCUT2D eigenvalue weighted by atomic mass is 19.1. The van der Waals surface area contributed by atoms with E-state index in [-0.39, 0.29) is 0 Å². The van der Waals surface area contributed by atoms with E-state index in [9.17, 15) is 4.39 Å². The van der Waals surface area contributed by atoms with Crippen LogP contribution >= 0.6 is 0 Å². The minimum Gasteiger partial charge on any atom is -0.397 e. The van der Waals surface area contributed by atoms with Gasteiger partial charge in [0, 0.05) is 52.9 Å². The van der Waals surface area contributed by atoms with Crippen LogP contribution in [0.2, 0.25) is 0 Å². The Kier molecular flexibility index (Phi) is 3.94. The number of pyridine rings is 3. The number of benzene rings is 1. The van der Waals surface area contributed by atoms with Crippen molar-refractivity contribution in [2.75, 3.05) is 5.73 Å². The molecule has 32 heavy (non-hydrogen) atoms. The van der Waals surface area contributed by atoms with E-state index in [2.05, 4.69) is 35.1 Å². The number of nitrogen functional groups attached to an aromatic ring is 1. The maximum atomic E-state index is 14.8. The van der Waals surface area contributed by atoms with Gasteiger partial charge in [-0.1, -0.05) is 6.07 Å². The van der Waals surface area contributed by atoms with E-state index in [1.807, 2.05) is 24.3 Å². The van der Waals surface area contributed by atoms with Crippen LogP contribution in [0.1, 0.15) is 0 Å². The molecule has 0 unspecified atom stereocenters. The number of imidazole rings is 1. The second-order valence-corrected chi connectivity index (χ2v) is 7.31. The molecule has 6 rings (SSSR count). The Hall–Kier alpha value is -4.66. The molecular weight excluding hydrogens is 407 g/mol. The lowest BCUT2D eigenvalue weighted by molar-refractivity contribution is 0.633. The Labute approximate surface area is 180 Å². The molecule has 5 aromatic heterocycles. The first kappa shape index (κ1) is 18.1. The van der Waals surface area contributed by atoms with Crippen molar-refractivity contribution < 1.29 is 4.39 Å². The van der Waals surface area contributed by atoms with E-state index < -0.39 is 5.82 Å². The number of hydrogen-bond acceptors (Lipinski definition) is 6. The number of aromatic amines is 2. The van der Waals surface area contributed by atoms with Crippen LogP contribution in [-0.4, -0.2) is 35.1 Å². The van der Waals surface area contributed by atoms with Gasteiger partial charge in [0.05, 0.1) is 22.4 Å². The lowest BCUT2D eigenvalue weighted by atomic mass is 10.0. The quantitative estimate of drug-likeness (QED) is 0.390. The van der Waals surface area contributed by atoms with E-state index in [1.165, 1.54) is 12.3 Å². The highest BCUT2D eigenvalue weighted by molar-refractivity contribution is 5.97. The highest BCUT2D eigenvalue weighted by Crippen LogP contribution is 2.33. The zero-order valence-corrected chi connectivity index (χ0v) is 16.5. The van der Waals surface area contributed by atoms with Crippen LogP contribution in [0.5, 0.6) is 0 Å². The zero-order valence-electron chi connectivity index (χ0n) is 16.5. The van der Waals surface area contributed by atoms with Crippen molar-refractivity contribution in [1.29, 1.82) is 0 Å².